The number of hydrogen-bond acceptors (Lipinski definition) is 6. The Morgan fingerprint density at radius 1 is 1.15 bits per heavy atom. The van der Waals surface area contributed by atoms with Crippen LogP contribution in [0.4, 0.5) is 5.69 Å². The number of aromatic amines is 1. The first-order valence-electron chi connectivity index (χ1n) is 10.9. The summed E-state index contributed by atoms with van der Waals surface area (Å²) >= 11 is 2.65. The molecule has 2 aromatic carbocycles. The van der Waals surface area contributed by atoms with E-state index >= 15 is 0 Å². The maximum atomic E-state index is 13.0. The number of nitrogens with zero attached hydrogens (tertiary/aromatic N) is 1. The Hall–Kier alpha value is -3.10. The summed E-state index contributed by atoms with van der Waals surface area (Å²) in [5.74, 6) is -0.0782. The molecule has 0 saturated heterocycles. The molecule has 0 spiro atoms. The van der Waals surface area contributed by atoms with Crippen molar-refractivity contribution in [1.82, 2.24) is 9.97 Å². The molecule has 8 heteroatoms. The summed E-state index contributed by atoms with van der Waals surface area (Å²) in [5, 5.41) is 14.7. The molecule has 3 N–H and O–H groups in total. The number of benzene rings is 2. The second-order valence-electron chi connectivity index (χ2n) is 8.19. The van der Waals surface area contributed by atoms with Crippen LogP contribution < -0.4 is 10.9 Å². The molecule has 0 bridgehead atoms. The Balaban J connectivity index is 1.37. The highest BCUT2D eigenvalue weighted by molar-refractivity contribution is 8.00. The zero-order chi connectivity index (χ0) is 22.9. The fraction of sp³-hybridized carbons (Fsp3) is 0.240. The number of phenols is 1. The van der Waals surface area contributed by atoms with E-state index < -0.39 is 5.25 Å². The number of rotatable bonds is 5. The number of thioether (sulfide) groups is 1. The summed E-state index contributed by atoms with van der Waals surface area (Å²) in [7, 11) is 0. The number of aromatic hydroxyl groups is 1. The van der Waals surface area contributed by atoms with Crippen molar-refractivity contribution in [1.29, 1.82) is 0 Å². The second-order valence-corrected chi connectivity index (χ2v) is 10.4. The van der Waals surface area contributed by atoms with E-state index in [0.29, 0.717) is 21.1 Å². The van der Waals surface area contributed by atoms with Gasteiger partial charge in [0.25, 0.3) is 5.56 Å². The van der Waals surface area contributed by atoms with E-state index in [2.05, 4.69) is 33.5 Å². The van der Waals surface area contributed by atoms with E-state index in [4.69, 9.17) is 0 Å². The van der Waals surface area contributed by atoms with Crippen LogP contribution in [0.15, 0.2) is 57.8 Å². The quantitative estimate of drug-likeness (QED) is 0.204. The Bertz CT molecular complexity index is 1390. The summed E-state index contributed by atoms with van der Waals surface area (Å²) in [6.45, 7) is 1.76. The van der Waals surface area contributed by atoms with Gasteiger partial charge in [-0.25, -0.2) is 4.98 Å². The summed E-state index contributed by atoms with van der Waals surface area (Å²) in [4.78, 5) is 33.7. The third-order valence-corrected chi connectivity index (χ3v) is 7.73. The SMILES string of the molecule is CC(Sc1nc2scc(-c3ccc4c(c3)CCCC4)c2c(=O)[nH]1)C(=O)Nc1ccc(O)cc1. The molecule has 0 saturated carbocycles. The van der Waals surface area contributed by atoms with E-state index in [1.54, 1.807) is 19.1 Å². The molecule has 0 aliphatic heterocycles. The first kappa shape index (κ1) is 21.7. The number of amides is 1. The van der Waals surface area contributed by atoms with Gasteiger partial charge >= 0.3 is 0 Å². The van der Waals surface area contributed by atoms with Crippen molar-refractivity contribution in [3.05, 3.63) is 69.3 Å². The van der Waals surface area contributed by atoms with Crippen molar-refractivity contribution in [2.45, 2.75) is 43.0 Å². The van der Waals surface area contributed by atoms with Gasteiger partial charge in [0, 0.05) is 16.6 Å². The Kier molecular flexibility index (Phi) is 5.95. The Morgan fingerprint density at radius 2 is 1.91 bits per heavy atom. The highest BCUT2D eigenvalue weighted by atomic mass is 32.2. The van der Waals surface area contributed by atoms with Gasteiger partial charge in [0.05, 0.1) is 10.6 Å². The number of aromatic nitrogens is 2. The third kappa shape index (κ3) is 4.54. The second kappa shape index (κ2) is 9.03. The maximum Gasteiger partial charge on any atom is 0.260 e. The van der Waals surface area contributed by atoms with Crippen LogP contribution in [0.5, 0.6) is 5.75 Å². The summed E-state index contributed by atoms with van der Waals surface area (Å²) in [6, 6.07) is 12.8. The lowest BCUT2D eigenvalue weighted by atomic mass is 9.89. The van der Waals surface area contributed by atoms with Gasteiger partial charge in [-0.05, 0) is 73.6 Å². The fourth-order valence-corrected chi connectivity index (χ4v) is 5.91. The lowest BCUT2D eigenvalue weighted by Gasteiger charge is -2.16. The predicted octanol–water partition coefficient (Wildman–Crippen LogP) is 5.36. The van der Waals surface area contributed by atoms with Crippen molar-refractivity contribution >= 4 is 44.9 Å². The van der Waals surface area contributed by atoms with Crippen molar-refractivity contribution < 1.29 is 9.90 Å². The smallest absolute Gasteiger partial charge is 0.260 e. The van der Waals surface area contributed by atoms with E-state index in [1.807, 2.05) is 5.38 Å². The number of aryl methyl sites for hydroxylation is 2. The summed E-state index contributed by atoms with van der Waals surface area (Å²) in [6.07, 6.45) is 4.66. The van der Waals surface area contributed by atoms with Crippen molar-refractivity contribution in [2.24, 2.45) is 0 Å². The van der Waals surface area contributed by atoms with Crippen LogP contribution in [-0.4, -0.2) is 26.2 Å². The molecule has 1 unspecified atom stereocenters. The van der Waals surface area contributed by atoms with Gasteiger partial charge in [-0.15, -0.1) is 11.3 Å². The van der Waals surface area contributed by atoms with Crippen LogP contribution in [0, 0.1) is 0 Å². The minimum Gasteiger partial charge on any atom is -0.508 e. The van der Waals surface area contributed by atoms with Crippen LogP contribution in [-0.2, 0) is 17.6 Å². The van der Waals surface area contributed by atoms with Gasteiger partial charge in [0.2, 0.25) is 5.91 Å². The monoisotopic (exact) mass is 477 g/mol. The zero-order valence-corrected chi connectivity index (χ0v) is 19.7. The van der Waals surface area contributed by atoms with Crippen LogP contribution in [0.2, 0.25) is 0 Å². The molecule has 168 valence electrons. The molecule has 0 radical (unpaired) electrons. The Morgan fingerprint density at radius 3 is 2.70 bits per heavy atom. The van der Waals surface area contributed by atoms with Crippen LogP contribution in [0.3, 0.4) is 0 Å². The number of thiophene rings is 1. The van der Waals surface area contributed by atoms with Gasteiger partial charge < -0.3 is 15.4 Å². The number of phenolic OH excluding ortho intramolecular Hbond substituents is 1. The normalized spacial score (nSPS) is 14.1. The van der Waals surface area contributed by atoms with Crippen molar-refractivity contribution in [3.63, 3.8) is 0 Å². The molecular formula is C25H23N3O3S2. The highest BCUT2D eigenvalue weighted by Crippen LogP contribution is 2.34. The topological polar surface area (TPSA) is 95.1 Å². The fourth-order valence-electron chi connectivity index (χ4n) is 4.11. The van der Waals surface area contributed by atoms with E-state index in [-0.39, 0.29) is 17.2 Å². The summed E-state index contributed by atoms with van der Waals surface area (Å²) < 4.78 is 0. The molecule has 6 nitrogen and oxygen atoms in total. The number of fused-ring (bicyclic) bond motifs is 2. The lowest BCUT2D eigenvalue weighted by molar-refractivity contribution is -0.115. The van der Waals surface area contributed by atoms with Gasteiger partial charge in [-0.2, -0.15) is 0 Å². The number of H-pyrrole nitrogens is 1. The molecule has 2 heterocycles. The molecule has 1 atom stereocenters. The Labute approximate surface area is 199 Å². The molecule has 4 aromatic rings. The summed E-state index contributed by atoms with van der Waals surface area (Å²) in [5.41, 5.74) is 5.15. The lowest BCUT2D eigenvalue weighted by Crippen LogP contribution is -2.23. The van der Waals surface area contributed by atoms with Gasteiger partial charge in [0.15, 0.2) is 5.16 Å². The molecule has 1 aliphatic rings. The average Bonchev–Trinajstić information content (AvgIpc) is 3.25. The maximum absolute atomic E-state index is 13.0. The van der Waals surface area contributed by atoms with E-state index in [1.165, 1.54) is 59.2 Å². The molecule has 2 aromatic heterocycles. The van der Waals surface area contributed by atoms with E-state index in [0.717, 1.165) is 24.0 Å². The van der Waals surface area contributed by atoms with Gasteiger partial charge in [-0.3, -0.25) is 9.59 Å². The van der Waals surface area contributed by atoms with Crippen LogP contribution in [0.25, 0.3) is 21.3 Å². The largest absolute Gasteiger partial charge is 0.508 e. The van der Waals surface area contributed by atoms with Gasteiger partial charge in [-0.1, -0.05) is 30.0 Å². The highest BCUT2D eigenvalue weighted by Gasteiger charge is 2.19. The van der Waals surface area contributed by atoms with Gasteiger partial charge in [0.1, 0.15) is 10.6 Å². The predicted molar refractivity (Wildman–Crippen MR) is 134 cm³/mol. The number of anilines is 1. The number of carbonyl (C=O) groups excluding carboxylic acids is 1. The first-order valence-corrected chi connectivity index (χ1v) is 12.6. The van der Waals surface area contributed by atoms with E-state index in [9.17, 15) is 14.7 Å². The number of carbonyl (C=O) groups is 1. The average molecular weight is 478 g/mol. The third-order valence-electron chi connectivity index (χ3n) is 5.87. The molecular weight excluding hydrogens is 454 g/mol. The number of hydrogen-bond donors (Lipinski definition) is 3. The molecule has 1 amide bonds. The number of nitrogens with one attached hydrogen (secondary N) is 2. The van der Waals surface area contributed by atoms with Crippen molar-refractivity contribution in [3.8, 4) is 16.9 Å². The van der Waals surface area contributed by atoms with Crippen LogP contribution in [0.1, 0.15) is 30.9 Å². The molecule has 5 rings (SSSR count). The molecule has 33 heavy (non-hydrogen) atoms. The molecule has 0 fully saturated rings. The molecule has 1 aliphatic carbocycles. The van der Waals surface area contributed by atoms with Crippen molar-refractivity contribution in [2.75, 3.05) is 5.32 Å². The zero-order valence-electron chi connectivity index (χ0n) is 18.1. The van der Waals surface area contributed by atoms with Crippen LogP contribution >= 0.6 is 23.1 Å². The standard InChI is InChI=1S/C25H23N3O3S2/c1-14(22(30)26-18-8-10-19(29)11-9-18)33-25-27-23(31)21-20(13-32-24(21)28-25)17-7-6-15-4-2-3-5-16(15)12-17/h6-14,29H,2-5H2,1H3,(H,26,30)(H,27,28,31). The minimum absolute atomic E-state index is 0.135. The first-order chi connectivity index (χ1) is 16.0. The minimum atomic E-state index is -0.473.